The number of benzene rings is 3. The Labute approximate surface area is 208 Å². The number of amides is 1. The summed E-state index contributed by atoms with van der Waals surface area (Å²) in [6, 6.07) is 24.6. The molecule has 0 aliphatic carbocycles. The molecule has 1 fully saturated rings. The molecule has 0 bridgehead atoms. The van der Waals surface area contributed by atoms with E-state index in [0.717, 1.165) is 11.1 Å². The molecule has 4 rings (SSSR count). The van der Waals surface area contributed by atoms with Crippen LogP contribution in [0.5, 0.6) is 0 Å². The van der Waals surface area contributed by atoms with Crippen LogP contribution in [0.3, 0.4) is 0 Å². The average molecular weight is 494 g/mol. The van der Waals surface area contributed by atoms with Gasteiger partial charge in [-0.05, 0) is 67.0 Å². The quantitative estimate of drug-likeness (QED) is 0.384. The molecule has 1 aliphatic heterocycles. The Morgan fingerprint density at radius 1 is 1.09 bits per heavy atom. The number of hydrogen-bond acceptors (Lipinski definition) is 3. The number of thiocarbonyl (C=S) groups is 1. The lowest BCUT2D eigenvalue weighted by atomic mass is 9.94. The highest BCUT2D eigenvalue weighted by Crippen LogP contribution is 2.33. The largest absolute Gasteiger partial charge is 0.341 e. The molecule has 1 heterocycles. The molecule has 0 saturated carbocycles. The van der Waals surface area contributed by atoms with Crippen LogP contribution >= 0.6 is 35.4 Å². The summed E-state index contributed by atoms with van der Waals surface area (Å²) in [6.45, 7) is 2.58. The second-order valence-corrected chi connectivity index (χ2v) is 9.21. The van der Waals surface area contributed by atoms with E-state index in [1.165, 1.54) is 0 Å². The Bertz CT molecular complexity index is 1220. The maximum absolute atomic E-state index is 13.7. The first-order valence-corrected chi connectivity index (χ1v) is 11.7. The Kier molecular flexibility index (Phi) is 6.99. The van der Waals surface area contributed by atoms with Crippen LogP contribution in [-0.2, 0) is 11.2 Å². The first-order chi connectivity index (χ1) is 15.9. The maximum Gasteiger partial charge on any atom is 0.238 e. The number of rotatable bonds is 5. The van der Waals surface area contributed by atoms with Crippen molar-refractivity contribution >= 4 is 52.1 Å². The van der Waals surface area contributed by atoms with E-state index in [2.05, 4.69) is 30.0 Å². The molecule has 0 aromatic heterocycles. The number of halogens is 2. The van der Waals surface area contributed by atoms with E-state index in [1.807, 2.05) is 42.5 Å². The molecule has 3 aromatic carbocycles. The fourth-order valence-corrected chi connectivity index (χ4v) is 4.83. The van der Waals surface area contributed by atoms with E-state index < -0.39 is 0 Å². The third-order valence-electron chi connectivity index (χ3n) is 5.90. The molecular formula is C26H21Cl2N3OS. The monoisotopic (exact) mass is 493 g/mol. The lowest BCUT2D eigenvalue weighted by molar-refractivity contribution is -0.123. The number of carbonyl (C=O) groups excluding carboxylic acids is 1. The maximum atomic E-state index is 13.7. The summed E-state index contributed by atoms with van der Waals surface area (Å²) in [5.41, 5.74) is 3.04. The molecule has 0 N–H and O–H groups in total. The molecule has 166 valence electrons. The Morgan fingerprint density at radius 2 is 1.79 bits per heavy atom. The zero-order valence-corrected chi connectivity index (χ0v) is 20.2. The average Bonchev–Trinajstić information content (AvgIpc) is 2.82. The number of carbonyl (C=O) groups is 1. The third-order valence-corrected chi connectivity index (χ3v) is 6.88. The second kappa shape index (κ2) is 9.93. The van der Waals surface area contributed by atoms with Crippen molar-refractivity contribution in [3.63, 3.8) is 0 Å². The van der Waals surface area contributed by atoms with Crippen molar-refractivity contribution in [1.29, 1.82) is 5.26 Å². The topological polar surface area (TPSA) is 47.3 Å². The highest BCUT2D eigenvalue weighted by molar-refractivity contribution is 7.80. The molecule has 0 radical (unpaired) electrons. The number of nitriles is 1. The van der Waals surface area contributed by atoms with Crippen molar-refractivity contribution in [3.8, 4) is 6.07 Å². The van der Waals surface area contributed by atoms with E-state index >= 15 is 0 Å². The summed E-state index contributed by atoms with van der Waals surface area (Å²) < 4.78 is 0. The van der Waals surface area contributed by atoms with Crippen molar-refractivity contribution in [2.75, 3.05) is 11.4 Å². The van der Waals surface area contributed by atoms with Gasteiger partial charge < -0.3 is 4.90 Å². The van der Waals surface area contributed by atoms with Crippen molar-refractivity contribution in [2.24, 2.45) is 5.92 Å². The van der Waals surface area contributed by atoms with E-state index in [0.29, 0.717) is 34.4 Å². The molecule has 1 amide bonds. The van der Waals surface area contributed by atoms with E-state index in [4.69, 9.17) is 35.4 Å². The highest BCUT2D eigenvalue weighted by Gasteiger charge is 2.39. The smallest absolute Gasteiger partial charge is 0.238 e. The van der Waals surface area contributed by atoms with Crippen molar-refractivity contribution in [1.82, 2.24) is 4.90 Å². The fraction of sp³-hybridized carbons (Fsp3) is 0.192. The molecule has 0 unspecified atom stereocenters. The van der Waals surface area contributed by atoms with Gasteiger partial charge in [-0.25, -0.2) is 0 Å². The molecular weight excluding hydrogens is 473 g/mol. The molecule has 4 nitrogen and oxygen atoms in total. The highest BCUT2D eigenvalue weighted by atomic mass is 35.5. The minimum Gasteiger partial charge on any atom is -0.341 e. The van der Waals surface area contributed by atoms with Gasteiger partial charge in [0.15, 0.2) is 5.11 Å². The van der Waals surface area contributed by atoms with Crippen LogP contribution in [0.4, 0.5) is 5.69 Å². The van der Waals surface area contributed by atoms with E-state index in [-0.39, 0.29) is 22.9 Å². The standard InChI is InChI=1S/C26H21Cl2N3OS/c1-17(19-5-3-2-4-6-19)30-16-21(13-18-7-10-22(27)11-8-18)25(32)31(26(30)33)23-12-9-20(15-29)24(28)14-23/h2-12,14,17,21H,13,16H2,1H3/t17-,21-/m1/s1. The van der Waals surface area contributed by atoms with Gasteiger partial charge in [0.05, 0.1) is 28.2 Å². The predicted octanol–water partition coefficient (Wildman–Crippen LogP) is 6.42. The summed E-state index contributed by atoms with van der Waals surface area (Å²) in [5.74, 6) is -0.411. The second-order valence-electron chi connectivity index (χ2n) is 8.00. The summed E-state index contributed by atoms with van der Waals surface area (Å²) in [6.07, 6.45) is 0.553. The lowest BCUT2D eigenvalue weighted by Gasteiger charge is -2.44. The number of nitrogens with zero attached hydrogens (tertiary/aromatic N) is 3. The minimum atomic E-state index is -0.321. The van der Waals surface area contributed by atoms with Crippen molar-refractivity contribution < 1.29 is 4.79 Å². The van der Waals surface area contributed by atoms with Crippen LogP contribution in [0.25, 0.3) is 0 Å². The first-order valence-electron chi connectivity index (χ1n) is 10.5. The SMILES string of the molecule is C[C@H](c1ccccc1)N1C[C@@H](Cc2ccc(Cl)cc2)C(=O)N(c2ccc(C#N)c(Cl)c2)C1=S. The Balaban J connectivity index is 1.72. The molecule has 33 heavy (non-hydrogen) atoms. The number of hydrogen-bond donors (Lipinski definition) is 0. The fourth-order valence-electron chi connectivity index (χ4n) is 4.06. The van der Waals surface area contributed by atoms with Crippen LogP contribution in [0.15, 0.2) is 72.8 Å². The molecule has 1 saturated heterocycles. The molecule has 2 atom stereocenters. The molecule has 0 spiro atoms. The summed E-state index contributed by atoms with van der Waals surface area (Å²) >= 11 is 18.2. The van der Waals surface area contributed by atoms with Gasteiger partial charge in [0.25, 0.3) is 0 Å². The summed E-state index contributed by atoms with van der Waals surface area (Å²) in [5, 5.41) is 10.6. The summed E-state index contributed by atoms with van der Waals surface area (Å²) in [7, 11) is 0. The van der Waals surface area contributed by atoms with Gasteiger partial charge in [-0.2, -0.15) is 5.26 Å². The van der Waals surface area contributed by atoms with Gasteiger partial charge in [-0.15, -0.1) is 0 Å². The van der Waals surface area contributed by atoms with Crippen LogP contribution in [0.2, 0.25) is 10.0 Å². The Hall–Kier alpha value is -2.91. The van der Waals surface area contributed by atoms with Gasteiger partial charge in [0.2, 0.25) is 5.91 Å². The van der Waals surface area contributed by atoms with Gasteiger partial charge >= 0.3 is 0 Å². The van der Waals surface area contributed by atoms with E-state index in [9.17, 15) is 10.1 Å². The van der Waals surface area contributed by atoms with Crippen molar-refractivity contribution in [3.05, 3.63) is 99.5 Å². The molecule has 7 heteroatoms. The third kappa shape index (κ3) is 4.89. The number of anilines is 1. The zero-order chi connectivity index (χ0) is 23.5. The van der Waals surface area contributed by atoms with Crippen LogP contribution in [-0.4, -0.2) is 22.5 Å². The minimum absolute atomic E-state index is 0.0316. The van der Waals surface area contributed by atoms with Gasteiger partial charge in [-0.3, -0.25) is 9.69 Å². The Morgan fingerprint density at radius 3 is 2.42 bits per heavy atom. The van der Waals surface area contributed by atoms with Crippen LogP contribution < -0.4 is 4.90 Å². The first kappa shape index (κ1) is 23.3. The summed E-state index contributed by atoms with van der Waals surface area (Å²) in [4.78, 5) is 17.3. The predicted molar refractivity (Wildman–Crippen MR) is 136 cm³/mol. The van der Waals surface area contributed by atoms with Gasteiger partial charge in [0, 0.05) is 11.6 Å². The lowest BCUT2D eigenvalue weighted by Crippen LogP contribution is -2.57. The molecule has 1 aliphatic rings. The van der Waals surface area contributed by atoms with Crippen LogP contribution in [0.1, 0.15) is 29.7 Å². The van der Waals surface area contributed by atoms with Crippen LogP contribution in [0, 0.1) is 17.2 Å². The van der Waals surface area contributed by atoms with Gasteiger partial charge in [-0.1, -0.05) is 65.7 Å². The van der Waals surface area contributed by atoms with Gasteiger partial charge in [0.1, 0.15) is 6.07 Å². The van der Waals surface area contributed by atoms with E-state index in [1.54, 1.807) is 23.1 Å². The normalized spacial score (nSPS) is 17.1. The molecule has 3 aromatic rings. The van der Waals surface area contributed by atoms with Crippen molar-refractivity contribution in [2.45, 2.75) is 19.4 Å². The zero-order valence-electron chi connectivity index (χ0n) is 17.9.